The van der Waals surface area contributed by atoms with Crippen LogP contribution in [0.2, 0.25) is 0 Å². The Bertz CT molecular complexity index is 801. The number of ether oxygens (including phenoxy) is 3. The van der Waals surface area contributed by atoms with Crippen LogP contribution in [0.3, 0.4) is 0 Å². The fourth-order valence-corrected chi connectivity index (χ4v) is 2.34. The molecule has 0 spiro atoms. The van der Waals surface area contributed by atoms with Crippen molar-refractivity contribution in [3.8, 4) is 11.5 Å². The van der Waals surface area contributed by atoms with E-state index in [1.54, 1.807) is 37.4 Å². The highest BCUT2D eigenvalue weighted by Gasteiger charge is 2.12. The Hall–Kier alpha value is -3.02. The second-order valence-electron chi connectivity index (χ2n) is 5.82. The largest absolute Gasteiger partial charge is 0.497 e. The number of esters is 1. The van der Waals surface area contributed by atoms with Crippen LogP contribution in [0.1, 0.15) is 27.0 Å². The molecule has 0 aliphatic heterocycles. The van der Waals surface area contributed by atoms with Gasteiger partial charge < -0.3 is 19.5 Å². The average molecular weight is 357 g/mol. The lowest BCUT2D eigenvalue weighted by Gasteiger charge is -2.11. The van der Waals surface area contributed by atoms with Crippen LogP contribution in [0.4, 0.5) is 0 Å². The molecule has 1 N–H and O–H groups in total. The van der Waals surface area contributed by atoms with E-state index in [0.717, 1.165) is 11.1 Å². The summed E-state index contributed by atoms with van der Waals surface area (Å²) in [4.78, 5) is 24.0. The Morgan fingerprint density at radius 3 is 2.38 bits per heavy atom. The minimum absolute atomic E-state index is 0.0265. The summed E-state index contributed by atoms with van der Waals surface area (Å²) >= 11 is 0. The quantitative estimate of drug-likeness (QED) is 0.772. The first-order chi connectivity index (χ1) is 12.4. The van der Waals surface area contributed by atoms with E-state index in [-0.39, 0.29) is 19.1 Å². The van der Waals surface area contributed by atoms with E-state index in [0.29, 0.717) is 22.6 Å². The molecule has 0 aliphatic rings. The van der Waals surface area contributed by atoms with Crippen LogP contribution in [0.25, 0.3) is 0 Å². The van der Waals surface area contributed by atoms with Crippen molar-refractivity contribution in [2.75, 3.05) is 20.8 Å². The van der Waals surface area contributed by atoms with Crippen molar-refractivity contribution in [1.82, 2.24) is 5.32 Å². The van der Waals surface area contributed by atoms with E-state index in [4.69, 9.17) is 14.2 Å². The van der Waals surface area contributed by atoms with Gasteiger partial charge >= 0.3 is 5.97 Å². The maximum atomic E-state index is 12.1. The van der Waals surface area contributed by atoms with Gasteiger partial charge in [-0.1, -0.05) is 6.07 Å². The number of benzene rings is 2. The second kappa shape index (κ2) is 8.89. The van der Waals surface area contributed by atoms with Crippen molar-refractivity contribution < 1.29 is 23.8 Å². The van der Waals surface area contributed by atoms with Gasteiger partial charge in [0.1, 0.15) is 24.7 Å². The maximum Gasteiger partial charge on any atom is 0.325 e. The molecule has 0 heterocycles. The molecule has 0 bridgehead atoms. The van der Waals surface area contributed by atoms with Crippen LogP contribution in [-0.4, -0.2) is 32.6 Å². The van der Waals surface area contributed by atoms with E-state index in [1.807, 2.05) is 19.9 Å². The van der Waals surface area contributed by atoms with Crippen molar-refractivity contribution in [1.29, 1.82) is 0 Å². The molecule has 0 unspecified atom stereocenters. The summed E-state index contributed by atoms with van der Waals surface area (Å²) < 4.78 is 15.6. The zero-order valence-corrected chi connectivity index (χ0v) is 15.4. The lowest BCUT2D eigenvalue weighted by molar-refractivity contribution is -0.143. The lowest BCUT2D eigenvalue weighted by Crippen LogP contribution is -2.30. The third kappa shape index (κ3) is 4.99. The van der Waals surface area contributed by atoms with Gasteiger partial charge in [0.2, 0.25) is 0 Å². The van der Waals surface area contributed by atoms with Gasteiger partial charge in [-0.3, -0.25) is 9.59 Å². The van der Waals surface area contributed by atoms with Crippen molar-refractivity contribution >= 4 is 11.9 Å². The number of rotatable bonds is 7. The molecular formula is C20H23NO5. The number of aryl methyl sites for hydroxylation is 2. The van der Waals surface area contributed by atoms with Gasteiger partial charge in [0.25, 0.3) is 5.91 Å². The van der Waals surface area contributed by atoms with Crippen molar-refractivity contribution in [2.24, 2.45) is 0 Å². The van der Waals surface area contributed by atoms with Crippen LogP contribution in [0.5, 0.6) is 11.5 Å². The number of hydrogen-bond donors (Lipinski definition) is 1. The maximum absolute atomic E-state index is 12.1. The lowest BCUT2D eigenvalue weighted by atomic mass is 10.1. The minimum atomic E-state index is -0.535. The van der Waals surface area contributed by atoms with E-state index in [1.165, 1.54) is 7.11 Å². The van der Waals surface area contributed by atoms with Gasteiger partial charge in [-0.2, -0.15) is 0 Å². The normalized spacial score (nSPS) is 10.2. The first kappa shape index (κ1) is 19.3. The van der Waals surface area contributed by atoms with Crippen LogP contribution in [-0.2, 0) is 16.1 Å². The van der Waals surface area contributed by atoms with Crippen molar-refractivity contribution in [2.45, 2.75) is 20.5 Å². The SMILES string of the molecule is COc1ccc(OC)c(COC(=O)CNC(=O)c2ccc(C)c(C)c2)c1. The monoisotopic (exact) mass is 357 g/mol. The molecule has 6 heteroatoms. The fourth-order valence-electron chi connectivity index (χ4n) is 2.34. The third-order valence-electron chi connectivity index (χ3n) is 4.04. The van der Waals surface area contributed by atoms with E-state index < -0.39 is 5.97 Å². The molecule has 6 nitrogen and oxygen atoms in total. The van der Waals surface area contributed by atoms with E-state index in [2.05, 4.69) is 5.32 Å². The predicted molar refractivity (Wildman–Crippen MR) is 97.6 cm³/mol. The summed E-state index contributed by atoms with van der Waals surface area (Å²) in [6.07, 6.45) is 0. The Balaban J connectivity index is 1.89. The van der Waals surface area contributed by atoms with Crippen LogP contribution < -0.4 is 14.8 Å². The Morgan fingerprint density at radius 1 is 0.962 bits per heavy atom. The zero-order valence-electron chi connectivity index (χ0n) is 15.4. The zero-order chi connectivity index (χ0) is 19.1. The smallest absolute Gasteiger partial charge is 0.325 e. The van der Waals surface area contributed by atoms with Crippen LogP contribution >= 0.6 is 0 Å². The second-order valence-corrected chi connectivity index (χ2v) is 5.82. The molecule has 0 aliphatic carbocycles. The Morgan fingerprint density at radius 2 is 1.73 bits per heavy atom. The molecule has 26 heavy (non-hydrogen) atoms. The minimum Gasteiger partial charge on any atom is -0.497 e. The first-order valence-electron chi connectivity index (χ1n) is 8.16. The number of amides is 1. The summed E-state index contributed by atoms with van der Waals surface area (Å²) in [5.74, 6) is 0.383. The van der Waals surface area contributed by atoms with Gasteiger partial charge in [-0.25, -0.2) is 0 Å². The van der Waals surface area contributed by atoms with Gasteiger partial charge in [0.05, 0.1) is 14.2 Å². The van der Waals surface area contributed by atoms with Crippen molar-refractivity contribution in [3.63, 3.8) is 0 Å². The molecule has 0 atom stereocenters. The standard InChI is InChI=1S/C20H23NO5/c1-13-5-6-15(9-14(13)2)20(23)21-11-19(22)26-12-16-10-17(24-3)7-8-18(16)25-4/h5-10H,11-12H2,1-4H3,(H,21,23). The molecule has 2 rings (SSSR count). The van der Waals surface area contributed by atoms with Crippen LogP contribution in [0, 0.1) is 13.8 Å². The Kier molecular flexibility index (Phi) is 6.60. The fraction of sp³-hybridized carbons (Fsp3) is 0.300. The molecule has 0 fully saturated rings. The number of nitrogens with one attached hydrogen (secondary N) is 1. The molecule has 0 saturated carbocycles. The van der Waals surface area contributed by atoms with Gasteiger partial charge in [-0.15, -0.1) is 0 Å². The van der Waals surface area contributed by atoms with Gasteiger partial charge in [-0.05, 0) is 55.3 Å². The molecule has 2 aromatic carbocycles. The highest BCUT2D eigenvalue weighted by molar-refractivity contribution is 5.96. The predicted octanol–water partition coefficient (Wildman–Crippen LogP) is 2.79. The molecule has 0 saturated heterocycles. The summed E-state index contributed by atoms with van der Waals surface area (Å²) in [5.41, 5.74) is 3.31. The highest BCUT2D eigenvalue weighted by atomic mass is 16.5. The molecule has 138 valence electrons. The number of hydrogen-bond acceptors (Lipinski definition) is 5. The molecule has 0 aromatic heterocycles. The molecule has 0 radical (unpaired) electrons. The number of carbonyl (C=O) groups excluding carboxylic acids is 2. The highest BCUT2D eigenvalue weighted by Crippen LogP contribution is 2.24. The Labute approximate surface area is 153 Å². The van der Waals surface area contributed by atoms with E-state index >= 15 is 0 Å². The van der Waals surface area contributed by atoms with Gasteiger partial charge in [0, 0.05) is 11.1 Å². The third-order valence-corrected chi connectivity index (χ3v) is 4.04. The molecule has 2 aromatic rings. The summed E-state index contributed by atoms with van der Waals surface area (Å²) in [6.45, 7) is 3.72. The number of carbonyl (C=O) groups is 2. The van der Waals surface area contributed by atoms with Gasteiger partial charge in [0.15, 0.2) is 0 Å². The number of methoxy groups -OCH3 is 2. The van der Waals surface area contributed by atoms with E-state index in [9.17, 15) is 9.59 Å². The van der Waals surface area contributed by atoms with Crippen molar-refractivity contribution in [3.05, 3.63) is 58.7 Å². The molecule has 1 amide bonds. The molecular weight excluding hydrogens is 334 g/mol. The topological polar surface area (TPSA) is 73.9 Å². The average Bonchev–Trinajstić information content (AvgIpc) is 2.66. The summed E-state index contributed by atoms with van der Waals surface area (Å²) in [5, 5.41) is 2.56. The summed E-state index contributed by atoms with van der Waals surface area (Å²) in [7, 11) is 3.09. The van der Waals surface area contributed by atoms with Crippen LogP contribution in [0.15, 0.2) is 36.4 Å². The first-order valence-corrected chi connectivity index (χ1v) is 8.16. The summed E-state index contributed by atoms with van der Waals surface area (Å²) in [6, 6.07) is 10.6.